The lowest BCUT2D eigenvalue weighted by molar-refractivity contribution is 0.120. The first-order valence-electron chi connectivity index (χ1n) is 8.01. The van der Waals surface area contributed by atoms with E-state index in [0.717, 1.165) is 37.6 Å². The van der Waals surface area contributed by atoms with Crippen LogP contribution in [0.5, 0.6) is 0 Å². The number of ether oxygens (including phenoxy) is 1. The Balaban J connectivity index is 1.70. The van der Waals surface area contributed by atoms with Gasteiger partial charge in [-0.25, -0.2) is 9.97 Å². The van der Waals surface area contributed by atoms with Crippen LogP contribution in [-0.4, -0.2) is 29.2 Å². The number of aryl methyl sites for hydroxylation is 3. The molecule has 1 aliphatic heterocycles. The van der Waals surface area contributed by atoms with Gasteiger partial charge < -0.3 is 10.1 Å². The summed E-state index contributed by atoms with van der Waals surface area (Å²) in [6.45, 7) is 3.88. The molecule has 0 saturated carbocycles. The molecule has 3 heterocycles. The molecule has 4 rings (SSSR count). The zero-order valence-corrected chi connectivity index (χ0v) is 13.3. The molecule has 1 atom stereocenters. The van der Waals surface area contributed by atoms with Gasteiger partial charge in [-0.1, -0.05) is 6.92 Å². The maximum Gasteiger partial charge on any atom is 0.138 e. The van der Waals surface area contributed by atoms with Crippen LogP contribution in [0.15, 0.2) is 0 Å². The maximum absolute atomic E-state index is 5.71. The topological polar surface area (TPSA) is 47.0 Å². The lowest BCUT2D eigenvalue weighted by Gasteiger charge is -2.13. The standard InChI is InChI=1S/C16H21N3OS/c1-2-13-18-15(17-9-10-5-4-8-20-10)14-11-6-3-7-12(11)21-16(14)19-13/h10H,2-9H2,1H3,(H,17,18,19). The van der Waals surface area contributed by atoms with Crippen molar-refractivity contribution >= 4 is 27.4 Å². The minimum absolute atomic E-state index is 0.340. The SMILES string of the molecule is CCc1nc(NCC2CCCO2)c2c3c(sc2n1)CCC3. The van der Waals surface area contributed by atoms with Gasteiger partial charge in [0.2, 0.25) is 0 Å². The van der Waals surface area contributed by atoms with E-state index in [0.29, 0.717) is 6.10 Å². The first-order chi connectivity index (χ1) is 10.3. The van der Waals surface area contributed by atoms with Crippen molar-refractivity contribution in [1.29, 1.82) is 0 Å². The van der Waals surface area contributed by atoms with Crippen molar-refractivity contribution in [1.82, 2.24) is 9.97 Å². The first kappa shape index (κ1) is 13.5. The average Bonchev–Trinajstić information content (AvgIpc) is 3.20. The Morgan fingerprint density at radius 3 is 3.05 bits per heavy atom. The van der Waals surface area contributed by atoms with Gasteiger partial charge in [-0.2, -0.15) is 0 Å². The molecule has 0 radical (unpaired) electrons. The van der Waals surface area contributed by atoms with Crippen LogP contribution in [0.2, 0.25) is 0 Å². The van der Waals surface area contributed by atoms with E-state index in [-0.39, 0.29) is 0 Å². The second-order valence-electron chi connectivity index (χ2n) is 5.90. The summed E-state index contributed by atoms with van der Waals surface area (Å²) in [6, 6.07) is 0. The highest BCUT2D eigenvalue weighted by molar-refractivity contribution is 7.19. The summed E-state index contributed by atoms with van der Waals surface area (Å²) in [4.78, 5) is 12.2. The summed E-state index contributed by atoms with van der Waals surface area (Å²) in [6.07, 6.45) is 7.22. The minimum Gasteiger partial charge on any atom is -0.376 e. The van der Waals surface area contributed by atoms with E-state index in [1.165, 1.54) is 46.3 Å². The van der Waals surface area contributed by atoms with Crippen molar-refractivity contribution in [3.05, 3.63) is 16.3 Å². The molecule has 1 unspecified atom stereocenters. The van der Waals surface area contributed by atoms with Gasteiger partial charge in [0, 0.05) is 24.4 Å². The third kappa shape index (κ3) is 2.42. The van der Waals surface area contributed by atoms with Crippen molar-refractivity contribution in [2.24, 2.45) is 0 Å². The summed E-state index contributed by atoms with van der Waals surface area (Å²) >= 11 is 1.87. The van der Waals surface area contributed by atoms with Crippen molar-refractivity contribution in [2.75, 3.05) is 18.5 Å². The Labute approximate surface area is 128 Å². The van der Waals surface area contributed by atoms with E-state index < -0.39 is 0 Å². The van der Waals surface area contributed by atoms with Gasteiger partial charge in [-0.3, -0.25) is 0 Å². The highest BCUT2D eigenvalue weighted by atomic mass is 32.1. The monoisotopic (exact) mass is 303 g/mol. The molecule has 2 aromatic rings. The van der Waals surface area contributed by atoms with Crippen LogP contribution in [0.3, 0.4) is 0 Å². The van der Waals surface area contributed by atoms with Crippen LogP contribution in [0.25, 0.3) is 10.2 Å². The van der Waals surface area contributed by atoms with Gasteiger partial charge in [-0.05, 0) is 37.7 Å². The largest absolute Gasteiger partial charge is 0.376 e. The van der Waals surface area contributed by atoms with E-state index in [4.69, 9.17) is 14.7 Å². The van der Waals surface area contributed by atoms with Gasteiger partial charge in [0.1, 0.15) is 16.5 Å². The summed E-state index contributed by atoms with van der Waals surface area (Å²) in [5.41, 5.74) is 1.49. The number of nitrogens with zero attached hydrogens (tertiary/aromatic N) is 2. The summed E-state index contributed by atoms with van der Waals surface area (Å²) in [5.74, 6) is 1.98. The molecule has 2 aromatic heterocycles. The lowest BCUT2D eigenvalue weighted by atomic mass is 10.2. The maximum atomic E-state index is 5.71. The van der Waals surface area contributed by atoms with Crippen molar-refractivity contribution in [3.63, 3.8) is 0 Å². The Morgan fingerprint density at radius 2 is 2.24 bits per heavy atom. The van der Waals surface area contributed by atoms with Crippen LogP contribution < -0.4 is 5.32 Å². The summed E-state index contributed by atoms with van der Waals surface area (Å²) in [7, 11) is 0. The van der Waals surface area contributed by atoms with Crippen LogP contribution in [0.4, 0.5) is 5.82 Å². The lowest BCUT2D eigenvalue weighted by Crippen LogP contribution is -2.19. The van der Waals surface area contributed by atoms with Gasteiger partial charge in [0.15, 0.2) is 0 Å². The van der Waals surface area contributed by atoms with Crippen molar-refractivity contribution in [2.45, 2.75) is 51.6 Å². The van der Waals surface area contributed by atoms with E-state index in [1.54, 1.807) is 0 Å². The summed E-state index contributed by atoms with van der Waals surface area (Å²) in [5, 5.41) is 4.83. The molecule has 0 amide bonds. The van der Waals surface area contributed by atoms with E-state index in [9.17, 15) is 0 Å². The fraction of sp³-hybridized carbons (Fsp3) is 0.625. The Morgan fingerprint density at radius 1 is 1.29 bits per heavy atom. The third-order valence-electron chi connectivity index (χ3n) is 4.45. The van der Waals surface area contributed by atoms with Crippen molar-refractivity contribution < 1.29 is 4.74 Å². The predicted octanol–water partition coefficient (Wildman–Crippen LogP) is 3.33. The van der Waals surface area contributed by atoms with E-state index in [1.807, 2.05) is 11.3 Å². The first-order valence-corrected chi connectivity index (χ1v) is 8.83. The fourth-order valence-electron chi connectivity index (χ4n) is 3.34. The van der Waals surface area contributed by atoms with Crippen molar-refractivity contribution in [3.8, 4) is 0 Å². The molecule has 0 aromatic carbocycles. The number of nitrogens with one attached hydrogen (secondary N) is 1. The zero-order valence-electron chi connectivity index (χ0n) is 12.4. The Hall–Kier alpha value is -1.20. The average molecular weight is 303 g/mol. The highest BCUT2D eigenvalue weighted by Crippen LogP contribution is 2.39. The minimum atomic E-state index is 0.340. The predicted molar refractivity (Wildman–Crippen MR) is 86.3 cm³/mol. The molecule has 112 valence electrons. The molecule has 1 aliphatic carbocycles. The molecule has 1 N–H and O–H groups in total. The molecule has 5 heteroatoms. The molecular formula is C16H21N3OS. The van der Waals surface area contributed by atoms with Gasteiger partial charge >= 0.3 is 0 Å². The molecule has 2 aliphatic rings. The van der Waals surface area contributed by atoms with Gasteiger partial charge in [0.05, 0.1) is 11.5 Å². The molecule has 1 fully saturated rings. The molecule has 1 saturated heterocycles. The fourth-order valence-corrected chi connectivity index (χ4v) is 4.62. The second-order valence-corrected chi connectivity index (χ2v) is 6.98. The van der Waals surface area contributed by atoms with Gasteiger partial charge in [-0.15, -0.1) is 11.3 Å². The molecule has 0 spiro atoms. The van der Waals surface area contributed by atoms with Crippen LogP contribution in [0, 0.1) is 0 Å². The molecule has 21 heavy (non-hydrogen) atoms. The number of thiophene rings is 1. The number of rotatable bonds is 4. The molecule has 4 nitrogen and oxygen atoms in total. The molecular weight excluding hydrogens is 282 g/mol. The number of fused-ring (bicyclic) bond motifs is 3. The normalized spacial score (nSPS) is 21.1. The Bertz CT molecular complexity index is 661. The second kappa shape index (κ2) is 5.54. The van der Waals surface area contributed by atoms with Crippen LogP contribution in [-0.2, 0) is 24.0 Å². The molecule has 0 bridgehead atoms. The van der Waals surface area contributed by atoms with E-state index in [2.05, 4.69) is 12.2 Å². The van der Waals surface area contributed by atoms with E-state index >= 15 is 0 Å². The smallest absolute Gasteiger partial charge is 0.138 e. The van der Waals surface area contributed by atoms with Crippen LogP contribution in [0.1, 0.15) is 42.5 Å². The number of hydrogen-bond donors (Lipinski definition) is 1. The Kier molecular flexibility index (Phi) is 3.55. The highest BCUT2D eigenvalue weighted by Gasteiger charge is 2.23. The number of anilines is 1. The third-order valence-corrected chi connectivity index (χ3v) is 5.63. The quantitative estimate of drug-likeness (QED) is 0.941. The number of aromatic nitrogens is 2. The van der Waals surface area contributed by atoms with Crippen LogP contribution >= 0.6 is 11.3 Å². The summed E-state index contributed by atoms with van der Waals surface area (Å²) < 4.78 is 5.71. The number of hydrogen-bond acceptors (Lipinski definition) is 5. The zero-order chi connectivity index (χ0) is 14.2. The van der Waals surface area contributed by atoms with Gasteiger partial charge in [0.25, 0.3) is 0 Å².